The Bertz CT molecular complexity index is 434. The molecule has 102 valence electrons. The fourth-order valence-corrected chi connectivity index (χ4v) is 2.73. The highest BCUT2D eigenvalue weighted by Crippen LogP contribution is 2.44. The highest BCUT2D eigenvalue weighted by Gasteiger charge is 2.41. The van der Waals surface area contributed by atoms with E-state index in [0.717, 1.165) is 23.9 Å². The Labute approximate surface area is 114 Å². The van der Waals surface area contributed by atoms with Gasteiger partial charge in [0.05, 0.1) is 0 Å². The number of nitrogen functional groups attached to an aromatic ring is 1. The standard InChI is InChI=1S/C16H22N2O/c17-14-8-1-11(2-9-14)3-10-15(19)18-16(12-4-5-12)13-6-7-13/h1-2,8-9,12-13,16H,3-7,10,17H2,(H,18,19). The summed E-state index contributed by atoms with van der Waals surface area (Å²) in [6, 6.07) is 8.26. The van der Waals surface area contributed by atoms with E-state index in [1.807, 2.05) is 24.3 Å². The number of carbonyl (C=O) groups excluding carboxylic acids is 1. The number of rotatable bonds is 6. The fraction of sp³-hybridized carbons (Fsp3) is 0.562. The molecule has 2 fully saturated rings. The first kappa shape index (κ1) is 12.5. The lowest BCUT2D eigenvalue weighted by molar-refractivity contribution is -0.122. The Kier molecular flexibility index (Phi) is 3.45. The second-order valence-electron chi connectivity index (χ2n) is 6.01. The Morgan fingerprint density at radius 1 is 1.16 bits per heavy atom. The maximum Gasteiger partial charge on any atom is 0.220 e. The minimum atomic E-state index is 0.209. The highest BCUT2D eigenvalue weighted by molar-refractivity contribution is 5.76. The topological polar surface area (TPSA) is 55.1 Å². The molecule has 0 radical (unpaired) electrons. The number of hydrogen-bond acceptors (Lipinski definition) is 2. The van der Waals surface area contributed by atoms with E-state index in [9.17, 15) is 4.79 Å². The fourth-order valence-electron chi connectivity index (χ4n) is 2.73. The molecule has 3 rings (SSSR count). The number of aryl methyl sites for hydroxylation is 1. The lowest BCUT2D eigenvalue weighted by Crippen LogP contribution is -2.38. The molecule has 3 nitrogen and oxygen atoms in total. The van der Waals surface area contributed by atoms with Crippen molar-refractivity contribution in [3.8, 4) is 0 Å². The average molecular weight is 258 g/mol. The van der Waals surface area contributed by atoms with Crippen LogP contribution < -0.4 is 11.1 Å². The van der Waals surface area contributed by atoms with Crippen molar-refractivity contribution >= 4 is 11.6 Å². The molecule has 3 N–H and O–H groups in total. The number of hydrogen-bond donors (Lipinski definition) is 2. The van der Waals surface area contributed by atoms with Gasteiger partial charge in [-0.25, -0.2) is 0 Å². The molecule has 0 unspecified atom stereocenters. The van der Waals surface area contributed by atoms with E-state index in [2.05, 4.69) is 5.32 Å². The van der Waals surface area contributed by atoms with Gasteiger partial charge >= 0.3 is 0 Å². The van der Waals surface area contributed by atoms with Crippen molar-refractivity contribution in [2.24, 2.45) is 11.8 Å². The van der Waals surface area contributed by atoms with Crippen molar-refractivity contribution in [3.63, 3.8) is 0 Å². The third kappa shape index (κ3) is 3.49. The van der Waals surface area contributed by atoms with E-state index in [0.29, 0.717) is 12.5 Å². The van der Waals surface area contributed by atoms with Crippen LogP contribution in [0.3, 0.4) is 0 Å². The smallest absolute Gasteiger partial charge is 0.220 e. The van der Waals surface area contributed by atoms with Gasteiger partial charge in [-0.2, -0.15) is 0 Å². The van der Waals surface area contributed by atoms with Crippen molar-refractivity contribution in [3.05, 3.63) is 29.8 Å². The average Bonchev–Trinajstić information content (AvgIpc) is 3.29. The van der Waals surface area contributed by atoms with Gasteiger partial charge in [-0.3, -0.25) is 4.79 Å². The number of amides is 1. The third-order valence-electron chi connectivity index (χ3n) is 4.21. The molecule has 0 spiro atoms. The van der Waals surface area contributed by atoms with Crippen LogP contribution in [-0.2, 0) is 11.2 Å². The van der Waals surface area contributed by atoms with Crippen LogP contribution in [0.15, 0.2) is 24.3 Å². The van der Waals surface area contributed by atoms with Gasteiger partial charge in [0, 0.05) is 18.2 Å². The van der Waals surface area contributed by atoms with Gasteiger partial charge in [0.15, 0.2) is 0 Å². The van der Waals surface area contributed by atoms with Crippen LogP contribution in [0.5, 0.6) is 0 Å². The Morgan fingerprint density at radius 2 is 1.74 bits per heavy atom. The molecule has 0 atom stereocenters. The SMILES string of the molecule is Nc1ccc(CCC(=O)NC(C2CC2)C2CC2)cc1. The molecule has 2 saturated carbocycles. The highest BCUT2D eigenvalue weighted by atomic mass is 16.1. The van der Waals surface area contributed by atoms with E-state index in [1.165, 1.54) is 31.2 Å². The molecule has 0 heterocycles. The van der Waals surface area contributed by atoms with Crippen LogP contribution in [0.25, 0.3) is 0 Å². The molecule has 0 aromatic heterocycles. The van der Waals surface area contributed by atoms with Crippen LogP contribution in [0, 0.1) is 11.8 Å². The van der Waals surface area contributed by atoms with E-state index in [-0.39, 0.29) is 5.91 Å². The zero-order valence-electron chi connectivity index (χ0n) is 11.3. The molecule has 0 bridgehead atoms. The van der Waals surface area contributed by atoms with Gasteiger partial charge in [-0.1, -0.05) is 12.1 Å². The van der Waals surface area contributed by atoms with Crippen LogP contribution in [0.4, 0.5) is 5.69 Å². The lowest BCUT2D eigenvalue weighted by Gasteiger charge is -2.17. The molecule has 1 amide bonds. The van der Waals surface area contributed by atoms with Gasteiger partial charge in [0.1, 0.15) is 0 Å². The van der Waals surface area contributed by atoms with Gasteiger partial charge in [-0.05, 0) is 61.6 Å². The molecular weight excluding hydrogens is 236 g/mol. The largest absolute Gasteiger partial charge is 0.399 e. The molecule has 3 heteroatoms. The Morgan fingerprint density at radius 3 is 2.26 bits per heavy atom. The Hall–Kier alpha value is -1.51. The first-order valence-electron chi connectivity index (χ1n) is 7.36. The summed E-state index contributed by atoms with van der Waals surface area (Å²) < 4.78 is 0. The van der Waals surface area contributed by atoms with Gasteiger partial charge < -0.3 is 11.1 Å². The molecule has 2 aliphatic carbocycles. The summed E-state index contributed by atoms with van der Waals surface area (Å²) in [4.78, 5) is 12.0. The summed E-state index contributed by atoms with van der Waals surface area (Å²) in [7, 11) is 0. The predicted octanol–water partition coefficient (Wildman–Crippen LogP) is 2.51. The summed E-state index contributed by atoms with van der Waals surface area (Å²) in [5.41, 5.74) is 7.60. The number of nitrogens with one attached hydrogen (secondary N) is 1. The summed E-state index contributed by atoms with van der Waals surface area (Å²) in [6.07, 6.45) is 6.60. The monoisotopic (exact) mass is 258 g/mol. The summed E-state index contributed by atoms with van der Waals surface area (Å²) in [6.45, 7) is 0. The van der Waals surface area contributed by atoms with E-state index >= 15 is 0 Å². The van der Waals surface area contributed by atoms with Gasteiger partial charge in [-0.15, -0.1) is 0 Å². The summed E-state index contributed by atoms with van der Waals surface area (Å²) in [5.74, 6) is 1.75. The lowest BCUT2D eigenvalue weighted by atomic mass is 10.1. The molecule has 2 aliphatic rings. The van der Waals surface area contributed by atoms with Crippen molar-refractivity contribution < 1.29 is 4.79 Å². The van der Waals surface area contributed by atoms with E-state index in [4.69, 9.17) is 5.73 Å². The second-order valence-corrected chi connectivity index (χ2v) is 6.01. The van der Waals surface area contributed by atoms with Gasteiger partial charge in [0.2, 0.25) is 5.91 Å². The number of benzene rings is 1. The van der Waals surface area contributed by atoms with Crippen LogP contribution in [0.2, 0.25) is 0 Å². The summed E-state index contributed by atoms with van der Waals surface area (Å²) >= 11 is 0. The molecular formula is C16H22N2O. The molecule has 1 aromatic carbocycles. The van der Waals surface area contributed by atoms with E-state index < -0.39 is 0 Å². The minimum absolute atomic E-state index is 0.209. The predicted molar refractivity (Wildman–Crippen MR) is 76.6 cm³/mol. The second kappa shape index (κ2) is 5.24. The zero-order valence-corrected chi connectivity index (χ0v) is 11.3. The first-order valence-corrected chi connectivity index (χ1v) is 7.36. The maximum atomic E-state index is 12.0. The maximum absolute atomic E-state index is 12.0. The van der Waals surface area contributed by atoms with Crippen molar-refractivity contribution in [2.45, 2.75) is 44.6 Å². The molecule has 0 aliphatic heterocycles. The molecule has 19 heavy (non-hydrogen) atoms. The van der Waals surface area contributed by atoms with Crippen LogP contribution >= 0.6 is 0 Å². The van der Waals surface area contributed by atoms with Crippen LogP contribution in [-0.4, -0.2) is 11.9 Å². The van der Waals surface area contributed by atoms with Crippen molar-refractivity contribution in [2.75, 3.05) is 5.73 Å². The normalized spacial score (nSPS) is 18.6. The summed E-state index contributed by atoms with van der Waals surface area (Å²) in [5, 5.41) is 3.26. The molecule has 1 aromatic rings. The number of anilines is 1. The Balaban J connectivity index is 1.46. The number of nitrogens with two attached hydrogens (primary N) is 1. The van der Waals surface area contributed by atoms with Gasteiger partial charge in [0.25, 0.3) is 0 Å². The first-order chi connectivity index (χ1) is 9.22. The van der Waals surface area contributed by atoms with Crippen LogP contribution in [0.1, 0.15) is 37.7 Å². The van der Waals surface area contributed by atoms with Crippen molar-refractivity contribution in [1.29, 1.82) is 0 Å². The minimum Gasteiger partial charge on any atom is -0.399 e. The molecule has 0 saturated heterocycles. The third-order valence-corrected chi connectivity index (χ3v) is 4.21. The zero-order chi connectivity index (χ0) is 13.2. The quantitative estimate of drug-likeness (QED) is 0.770. The van der Waals surface area contributed by atoms with E-state index in [1.54, 1.807) is 0 Å². The van der Waals surface area contributed by atoms with Crippen molar-refractivity contribution in [1.82, 2.24) is 5.32 Å². The number of carbonyl (C=O) groups is 1.